The summed E-state index contributed by atoms with van der Waals surface area (Å²) in [5, 5.41) is 4.61. The maximum atomic E-state index is 11.8. The molecule has 7 heteroatoms. The van der Waals surface area contributed by atoms with Crippen LogP contribution in [-0.2, 0) is 4.79 Å². The van der Waals surface area contributed by atoms with Gasteiger partial charge in [-0.05, 0) is 60.9 Å². The van der Waals surface area contributed by atoms with Gasteiger partial charge in [0.2, 0.25) is 6.79 Å². The summed E-state index contributed by atoms with van der Waals surface area (Å²) in [4.78, 5) is 11.8. The average molecular weight is 361 g/mol. The number of benzene rings is 2. The van der Waals surface area contributed by atoms with Crippen LogP contribution in [0.5, 0.6) is 17.2 Å². The topological polar surface area (TPSA) is 69.2 Å². The molecule has 0 aliphatic carbocycles. The van der Waals surface area contributed by atoms with E-state index < -0.39 is 0 Å². The maximum absolute atomic E-state index is 11.8. The molecule has 0 aromatic heterocycles. The van der Waals surface area contributed by atoms with Crippen LogP contribution in [0.15, 0.2) is 35.4 Å². The third-order valence-corrected chi connectivity index (χ3v) is 4.18. The number of hydrazone groups is 1. The molecular weight excluding hydrogens is 344 g/mol. The lowest BCUT2D eigenvalue weighted by Crippen LogP contribution is -2.24. The number of carbonyl (C=O) groups excluding carboxylic acids is 1. The number of carbonyl (C=O) groups is 1. The van der Waals surface area contributed by atoms with E-state index in [1.54, 1.807) is 24.3 Å². The molecule has 0 atom stereocenters. The predicted octanol–water partition coefficient (Wildman–Crippen LogP) is 3.21. The molecule has 0 saturated heterocycles. The summed E-state index contributed by atoms with van der Waals surface area (Å²) >= 11 is 6.10. The van der Waals surface area contributed by atoms with Crippen molar-refractivity contribution < 1.29 is 19.0 Å². The molecule has 0 spiro atoms. The molecule has 1 amide bonds. The molecule has 2 aromatic rings. The Morgan fingerprint density at radius 2 is 1.96 bits per heavy atom. The number of halogens is 1. The quantitative estimate of drug-likeness (QED) is 0.656. The van der Waals surface area contributed by atoms with Gasteiger partial charge in [0.1, 0.15) is 5.75 Å². The second-order valence-electron chi connectivity index (χ2n) is 5.57. The highest BCUT2D eigenvalue weighted by Gasteiger charge is 2.12. The number of rotatable bonds is 5. The van der Waals surface area contributed by atoms with Crippen LogP contribution in [0.2, 0.25) is 5.02 Å². The Morgan fingerprint density at radius 1 is 1.24 bits per heavy atom. The highest BCUT2D eigenvalue weighted by molar-refractivity contribution is 6.32. The van der Waals surface area contributed by atoms with Crippen molar-refractivity contribution in [2.24, 2.45) is 5.10 Å². The number of nitrogens with one attached hydrogen (secondary N) is 1. The van der Waals surface area contributed by atoms with Gasteiger partial charge in [-0.1, -0.05) is 11.6 Å². The summed E-state index contributed by atoms with van der Waals surface area (Å²) in [6, 6.07) is 8.98. The van der Waals surface area contributed by atoms with Gasteiger partial charge >= 0.3 is 0 Å². The monoisotopic (exact) mass is 360 g/mol. The molecule has 1 heterocycles. The van der Waals surface area contributed by atoms with Crippen LogP contribution in [0.4, 0.5) is 0 Å². The fourth-order valence-electron chi connectivity index (χ4n) is 2.34. The Kier molecular flexibility index (Phi) is 5.09. The summed E-state index contributed by atoms with van der Waals surface area (Å²) in [5.41, 5.74) is 5.01. The molecule has 0 bridgehead atoms. The van der Waals surface area contributed by atoms with E-state index in [2.05, 4.69) is 10.5 Å². The van der Waals surface area contributed by atoms with E-state index in [0.29, 0.717) is 22.3 Å². The van der Waals surface area contributed by atoms with Crippen LogP contribution in [0.25, 0.3) is 0 Å². The second kappa shape index (κ2) is 7.44. The van der Waals surface area contributed by atoms with E-state index in [-0.39, 0.29) is 19.3 Å². The molecule has 1 aliphatic rings. The molecule has 0 fully saturated rings. The van der Waals surface area contributed by atoms with E-state index in [1.807, 2.05) is 19.9 Å². The zero-order valence-corrected chi connectivity index (χ0v) is 14.6. The summed E-state index contributed by atoms with van der Waals surface area (Å²) in [7, 11) is 0. The lowest BCUT2D eigenvalue weighted by atomic mass is 10.1. The van der Waals surface area contributed by atoms with Crippen molar-refractivity contribution in [3.8, 4) is 17.2 Å². The standard InChI is InChI=1S/C18H17ClN2O4/c1-11-5-14(6-12(2)18(11)19)23-9-17(22)21-20-8-13-3-4-15-16(7-13)25-10-24-15/h3-8H,9-10H2,1-2H3,(H,21,22)/b20-8-. The van der Waals surface area contributed by atoms with Gasteiger partial charge in [-0.15, -0.1) is 0 Å². The zero-order valence-electron chi connectivity index (χ0n) is 13.8. The van der Waals surface area contributed by atoms with Gasteiger partial charge in [-0.25, -0.2) is 5.43 Å². The van der Waals surface area contributed by atoms with Crippen molar-refractivity contribution in [2.45, 2.75) is 13.8 Å². The lowest BCUT2D eigenvalue weighted by Gasteiger charge is -2.09. The Hall–Kier alpha value is -2.73. The first-order valence-corrected chi connectivity index (χ1v) is 8.02. The van der Waals surface area contributed by atoms with Crippen LogP contribution in [0.1, 0.15) is 16.7 Å². The summed E-state index contributed by atoms with van der Waals surface area (Å²) in [6.07, 6.45) is 1.52. The fourth-order valence-corrected chi connectivity index (χ4v) is 2.45. The van der Waals surface area contributed by atoms with Gasteiger partial charge in [0.25, 0.3) is 5.91 Å². The average Bonchev–Trinajstić information content (AvgIpc) is 3.05. The molecule has 0 radical (unpaired) electrons. The fraction of sp³-hybridized carbons (Fsp3) is 0.222. The highest BCUT2D eigenvalue weighted by atomic mass is 35.5. The predicted molar refractivity (Wildman–Crippen MR) is 94.7 cm³/mol. The molecule has 3 rings (SSSR count). The number of ether oxygens (including phenoxy) is 3. The van der Waals surface area contributed by atoms with Crippen molar-refractivity contribution in [2.75, 3.05) is 13.4 Å². The van der Waals surface area contributed by atoms with E-state index in [0.717, 1.165) is 16.7 Å². The van der Waals surface area contributed by atoms with Crippen molar-refractivity contribution in [1.82, 2.24) is 5.43 Å². The minimum Gasteiger partial charge on any atom is -0.484 e. The van der Waals surface area contributed by atoms with Crippen LogP contribution in [0, 0.1) is 13.8 Å². The van der Waals surface area contributed by atoms with Gasteiger partial charge in [0.05, 0.1) is 6.21 Å². The van der Waals surface area contributed by atoms with E-state index in [9.17, 15) is 4.79 Å². The Morgan fingerprint density at radius 3 is 2.72 bits per heavy atom. The summed E-state index contributed by atoms with van der Waals surface area (Å²) in [5.74, 6) is 1.59. The maximum Gasteiger partial charge on any atom is 0.277 e. The summed E-state index contributed by atoms with van der Waals surface area (Å²) < 4.78 is 16.0. The van der Waals surface area contributed by atoms with Crippen LogP contribution >= 0.6 is 11.6 Å². The van der Waals surface area contributed by atoms with Crippen LogP contribution < -0.4 is 19.6 Å². The number of nitrogens with zero attached hydrogens (tertiary/aromatic N) is 1. The lowest BCUT2D eigenvalue weighted by molar-refractivity contribution is -0.123. The largest absolute Gasteiger partial charge is 0.484 e. The summed E-state index contributed by atoms with van der Waals surface area (Å²) in [6.45, 7) is 3.85. The van der Waals surface area contributed by atoms with Crippen LogP contribution in [-0.4, -0.2) is 25.5 Å². The Bertz CT molecular complexity index is 813. The molecule has 1 N–H and O–H groups in total. The van der Waals surface area contributed by atoms with E-state index in [4.69, 9.17) is 25.8 Å². The van der Waals surface area contributed by atoms with Gasteiger partial charge in [-0.3, -0.25) is 4.79 Å². The molecule has 6 nitrogen and oxygen atoms in total. The molecule has 1 aliphatic heterocycles. The third-order valence-electron chi connectivity index (χ3n) is 3.58. The first-order chi connectivity index (χ1) is 12.0. The minimum atomic E-state index is -0.359. The minimum absolute atomic E-state index is 0.140. The van der Waals surface area contributed by atoms with Crippen molar-refractivity contribution in [3.63, 3.8) is 0 Å². The number of aryl methyl sites for hydroxylation is 2. The van der Waals surface area contributed by atoms with Crippen molar-refractivity contribution >= 4 is 23.7 Å². The SMILES string of the molecule is Cc1cc(OCC(=O)N/N=C\c2ccc3c(c2)OCO3)cc(C)c1Cl. The highest BCUT2D eigenvalue weighted by Crippen LogP contribution is 2.32. The Labute approximate surface area is 150 Å². The second-order valence-corrected chi connectivity index (χ2v) is 5.94. The van der Waals surface area contributed by atoms with Crippen LogP contribution in [0.3, 0.4) is 0 Å². The van der Waals surface area contributed by atoms with Gasteiger partial charge < -0.3 is 14.2 Å². The first-order valence-electron chi connectivity index (χ1n) is 7.64. The van der Waals surface area contributed by atoms with E-state index in [1.165, 1.54) is 6.21 Å². The molecule has 25 heavy (non-hydrogen) atoms. The molecule has 0 unspecified atom stereocenters. The molecular formula is C18H17ClN2O4. The van der Waals surface area contributed by atoms with Crippen molar-refractivity contribution in [1.29, 1.82) is 0 Å². The zero-order chi connectivity index (χ0) is 17.8. The van der Waals surface area contributed by atoms with Gasteiger partial charge in [-0.2, -0.15) is 5.10 Å². The Balaban J connectivity index is 1.51. The normalized spacial score (nSPS) is 12.4. The number of amides is 1. The number of hydrogen-bond donors (Lipinski definition) is 1. The molecule has 130 valence electrons. The first kappa shape index (κ1) is 17.1. The van der Waals surface area contributed by atoms with Crippen molar-refractivity contribution in [3.05, 3.63) is 52.0 Å². The molecule has 2 aromatic carbocycles. The smallest absolute Gasteiger partial charge is 0.277 e. The number of hydrogen-bond acceptors (Lipinski definition) is 5. The number of fused-ring (bicyclic) bond motifs is 1. The van der Waals surface area contributed by atoms with Gasteiger partial charge in [0.15, 0.2) is 18.1 Å². The third kappa shape index (κ3) is 4.22. The molecule has 0 saturated carbocycles. The van der Waals surface area contributed by atoms with E-state index >= 15 is 0 Å². The van der Waals surface area contributed by atoms with Gasteiger partial charge in [0, 0.05) is 5.02 Å².